The lowest BCUT2D eigenvalue weighted by atomic mass is 9.75. The number of carbonyl (C=O) groups excluding carboxylic acids is 1. The van der Waals surface area contributed by atoms with Crippen molar-refractivity contribution in [1.82, 2.24) is 10.2 Å². The number of carbonyl (C=O) groups is 2. The van der Waals surface area contributed by atoms with Crippen LogP contribution in [0.5, 0.6) is 0 Å². The molecule has 0 aliphatic carbocycles. The molecule has 0 spiro atoms. The van der Waals surface area contributed by atoms with Gasteiger partial charge in [0.15, 0.2) is 0 Å². The van der Waals surface area contributed by atoms with Gasteiger partial charge in [-0.15, -0.1) is 0 Å². The molecule has 1 aliphatic heterocycles. The molecule has 1 heterocycles. The maximum absolute atomic E-state index is 13.2. The van der Waals surface area contributed by atoms with E-state index in [1.807, 2.05) is 20.8 Å². The lowest BCUT2D eigenvalue weighted by Gasteiger charge is -2.45. The molecule has 5 heteroatoms. The van der Waals surface area contributed by atoms with Crippen molar-refractivity contribution in [2.45, 2.75) is 65.3 Å². The van der Waals surface area contributed by atoms with Crippen molar-refractivity contribution in [3.05, 3.63) is 0 Å². The summed E-state index contributed by atoms with van der Waals surface area (Å²) >= 11 is 0. The topological polar surface area (TPSA) is 69.6 Å². The van der Waals surface area contributed by atoms with Gasteiger partial charge in [0, 0.05) is 18.6 Å². The molecule has 5 nitrogen and oxygen atoms in total. The van der Waals surface area contributed by atoms with Crippen molar-refractivity contribution in [1.29, 1.82) is 0 Å². The van der Waals surface area contributed by atoms with Crippen molar-refractivity contribution >= 4 is 11.9 Å². The molecule has 1 aliphatic rings. The van der Waals surface area contributed by atoms with Gasteiger partial charge in [0.25, 0.3) is 0 Å². The Morgan fingerprint density at radius 3 is 2.43 bits per heavy atom. The Kier molecular flexibility index (Phi) is 6.20. The third-order valence-electron chi connectivity index (χ3n) is 4.26. The van der Waals surface area contributed by atoms with E-state index < -0.39 is 5.97 Å². The summed E-state index contributed by atoms with van der Waals surface area (Å²) < 4.78 is 0. The summed E-state index contributed by atoms with van der Waals surface area (Å²) in [5.74, 6) is -0.742. The summed E-state index contributed by atoms with van der Waals surface area (Å²) in [4.78, 5) is 25.8. The highest BCUT2D eigenvalue weighted by atomic mass is 16.4. The monoisotopic (exact) mass is 298 g/mol. The van der Waals surface area contributed by atoms with Gasteiger partial charge in [0.1, 0.15) is 0 Å². The Balaban J connectivity index is 2.97. The summed E-state index contributed by atoms with van der Waals surface area (Å²) in [6.07, 6.45) is 3.72. The number of aliphatic carboxylic acids is 1. The van der Waals surface area contributed by atoms with E-state index in [1.54, 1.807) is 4.90 Å². The molecule has 1 atom stereocenters. The van der Waals surface area contributed by atoms with Crippen molar-refractivity contribution in [3.63, 3.8) is 0 Å². The molecule has 0 aromatic rings. The molecule has 0 saturated carbocycles. The number of rotatable bonds is 6. The van der Waals surface area contributed by atoms with Crippen LogP contribution in [0.15, 0.2) is 0 Å². The Bertz CT molecular complexity index is 363. The van der Waals surface area contributed by atoms with E-state index in [-0.39, 0.29) is 29.8 Å². The Morgan fingerprint density at radius 2 is 2.00 bits per heavy atom. The lowest BCUT2D eigenvalue weighted by molar-refractivity contribution is -0.150. The molecule has 122 valence electrons. The maximum atomic E-state index is 13.2. The molecule has 1 rings (SSSR count). The number of hydrogen-bond acceptors (Lipinski definition) is 3. The lowest BCUT2D eigenvalue weighted by Crippen LogP contribution is -2.57. The van der Waals surface area contributed by atoms with Gasteiger partial charge in [-0.1, -0.05) is 13.3 Å². The highest BCUT2D eigenvalue weighted by molar-refractivity contribution is 5.84. The average molecular weight is 298 g/mol. The fourth-order valence-electron chi connectivity index (χ4n) is 3.18. The van der Waals surface area contributed by atoms with E-state index in [0.29, 0.717) is 6.54 Å². The molecule has 21 heavy (non-hydrogen) atoms. The van der Waals surface area contributed by atoms with Crippen LogP contribution < -0.4 is 5.32 Å². The van der Waals surface area contributed by atoms with Gasteiger partial charge in [-0.3, -0.25) is 9.59 Å². The smallest absolute Gasteiger partial charge is 0.305 e. The minimum absolute atomic E-state index is 0.00135. The van der Waals surface area contributed by atoms with Gasteiger partial charge in [0.2, 0.25) is 5.91 Å². The molecule has 0 bridgehead atoms. The number of carboxylic acids is 1. The van der Waals surface area contributed by atoms with E-state index >= 15 is 0 Å². The summed E-state index contributed by atoms with van der Waals surface area (Å²) in [5, 5.41) is 12.3. The first-order valence-corrected chi connectivity index (χ1v) is 7.97. The molecule has 0 aromatic carbocycles. The van der Waals surface area contributed by atoms with Crippen molar-refractivity contribution in [2.24, 2.45) is 5.41 Å². The van der Waals surface area contributed by atoms with E-state index in [4.69, 9.17) is 5.11 Å². The first kappa shape index (κ1) is 18.0. The summed E-state index contributed by atoms with van der Waals surface area (Å²) in [7, 11) is 0. The minimum atomic E-state index is -0.858. The normalized spacial score (nSPS) is 22.9. The summed E-state index contributed by atoms with van der Waals surface area (Å²) in [6, 6.07) is 0. The second kappa shape index (κ2) is 7.25. The molecule has 2 N–H and O–H groups in total. The highest BCUT2D eigenvalue weighted by Gasteiger charge is 2.43. The van der Waals surface area contributed by atoms with Gasteiger partial charge in [-0.05, 0) is 46.6 Å². The zero-order valence-corrected chi connectivity index (χ0v) is 13.9. The van der Waals surface area contributed by atoms with Crippen molar-refractivity contribution < 1.29 is 14.7 Å². The molecular weight excluding hydrogens is 268 g/mol. The minimum Gasteiger partial charge on any atom is -0.481 e. The average Bonchev–Trinajstić information content (AvgIpc) is 2.38. The van der Waals surface area contributed by atoms with Gasteiger partial charge >= 0.3 is 5.97 Å². The number of hydrogen-bond donors (Lipinski definition) is 2. The van der Waals surface area contributed by atoms with Crippen LogP contribution in [-0.4, -0.2) is 47.1 Å². The highest BCUT2D eigenvalue weighted by Crippen LogP contribution is 2.35. The quantitative estimate of drug-likeness (QED) is 0.789. The van der Waals surface area contributed by atoms with Crippen molar-refractivity contribution in [2.75, 3.05) is 19.6 Å². The van der Waals surface area contributed by atoms with Gasteiger partial charge < -0.3 is 15.3 Å². The molecule has 0 aromatic heterocycles. The molecule has 1 amide bonds. The molecular formula is C16H30N2O3. The number of nitrogens with zero attached hydrogens (tertiary/aromatic N) is 1. The van der Waals surface area contributed by atoms with Gasteiger partial charge in [-0.25, -0.2) is 0 Å². The second-order valence-corrected chi connectivity index (χ2v) is 7.08. The molecule has 1 saturated heterocycles. The predicted octanol–water partition coefficient (Wildman–Crippen LogP) is 2.26. The number of piperidine rings is 1. The maximum Gasteiger partial charge on any atom is 0.305 e. The summed E-state index contributed by atoms with van der Waals surface area (Å²) in [6.45, 7) is 9.97. The fraction of sp³-hybridized carbons (Fsp3) is 0.875. The number of carboxylic acid groups (broad SMARTS) is 1. The van der Waals surface area contributed by atoms with Gasteiger partial charge in [0.05, 0.1) is 11.8 Å². The largest absolute Gasteiger partial charge is 0.481 e. The second-order valence-electron chi connectivity index (χ2n) is 7.08. The number of nitrogens with one attached hydrogen (secondary N) is 1. The predicted molar refractivity (Wildman–Crippen MR) is 83.2 cm³/mol. The van der Waals surface area contributed by atoms with E-state index in [9.17, 15) is 9.59 Å². The SMILES string of the molecule is CCCC1(C(=O)N(CCC(=O)O)C(C)(C)C)CCCNC1. The standard InChI is InChI=1S/C16H30N2O3/c1-5-8-16(9-6-10-17-12-16)14(21)18(15(2,3)4)11-7-13(19)20/h17H,5-12H2,1-4H3,(H,19,20). The Hall–Kier alpha value is -1.10. The van der Waals surface area contributed by atoms with Crippen LogP contribution in [0.2, 0.25) is 0 Å². The third-order valence-corrected chi connectivity index (χ3v) is 4.26. The van der Waals surface area contributed by atoms with E-state index in [0.717, 1.165) is 32.2 Å². The fourth-order valence-corrected chi connectivity index (χ4v) is 3.18. The van der Waals surface area contributed by atoms with Crippen LogP contribution in [0.4, 0.5) is 0 Å². The van der Waals surface area contributed by atoms with Gasteiger partial charge in [-0.2, -0.15) is 0 Å². The number of amides is 1. The first-order chi connectivity index (χ1) is 9.73. The van der Waals surface area contributed by atoms with Crippen LogP contribution in [-0.2, 0) is 9.59 Å². The molecule has 1 fully saturated rings. The zero-order valence-electron chi connectivity index (χ0n) is 13.9. The Labute approximate surface area is 128 Å². The molecule has 1 unspecified atom stereocenters. The van der Waals surface area contributed by atoms with E-state index in [1.165, 1.54) is 0 Å². The Morgan fingerprint density at radius 1 is 1.33 bits per heavy atom. The summed E-state index contributed by atoms with van der Waals surface area (Å²) in [5.41, 5.74) is -0.719. The molecule has 0 radical (unpaired) electrons. The van der Waals surface area contributed by atoms with Crippen LogP contribution in [0.25, 0.3) is 0 Å². The van der Waals surface area contributed by atoms with E-state index in [2.05, 4.69) is 12.2 Å². The van der Waals surface area contributed by atoms with Crippen LogP contribution >= 0.6 is 0 Å². The van der Waals surface area contributed by atoms with Crippen molar-refractivity contribution in [3.8, 4) is 0 Å². The van der Waals surface area contributed by atoms with Crippen LogP contribution in [0.1, 0.15) is 59.8 Å². The van der Waals surface area contributed by atoms with Crippen LogP contribution in [0, 0.1) is 5.41 Å². The third kappa shape index (κ3) is 4.70. The van der Waals surface area contributed by atoms with Crippen LogP contribution in [0.3, 0.4) is 0 Å². The first-order valence-electron chi connectivity index (χ1n) is 7.97. The zero-order chi connectivity index (χ0) is 16.1.